The molecule has 0 aliphatic rings. The van der Waals surface area contributed by atoms with E-state index in [9.17, 15) is 0 Å². The third kappa shape index (κ3) is 3.55. The van der Waals surface area contributed by atoms with Crippen LogP contribution in [0.25, 0.3) is 11.4 Å². The lowest BCUT2D eigenvalue weighted by Crippen LogP contribution is -2.17. The van der Waals surface area contributed by atoms with Gasteiger partial charge >= 0.3 is 0 Å². The fraction of sp³-hybridized carbons (Fsp3) is 0.133. The van der Waals surface area contributed by atoms with E-state index in [0.29, 0.717) is 17.5 Å². The van der Waals surface area contributed by atoms with Crippen molar-refractivity contribution in [3.8, 4) is 11.4 Å². The van der Waals surface area contributed by atoms with Crippen LogP contribution in [0, 0.1) is 0 Å². The van der Waals surface area contributed by atoms with Gasteiger partial charge in [0.15, 0.2) is 0 Å². The van der Waals surface area contributed by atoms with Crippen molar-refractivity contribution in [3.05, 3.63) is 64.1 Å². The molecule has 1 aromatic heterocycles. The molecule has 112 valence electrons. The highest BCUT2D eigenvalue weighted by molar-refractivity contribution is 6.30. The van der Waals surface area contributed by atoms with Crippen molar-refractivity contribution in [1.82, 2.24) is 20.4 Å². The van der Waals surface area contributed by atoms with Gasteiger partial charge in [-0.2, -0.15) is 0 Å². The summed E-state index contributed by atoms with van der Waals surface area (Å²) in [7, 11) is 0. The van der Waals surface area contributed by atoms with E-state index in [4.69, 9.17) is 28.0 Å². The van der Waals surface area contributed by atoms with Crippen molar-refractivity contribution in [2.45, 2.75) is 6.42 Å². The molecule has 3 aromatic rings. The van der Waals surface area contributed by atoms with Gasteiger partial charge in [-0.1, -0.05) is 40.2 Å². The van der Waals surface area contributed by atoms with E-state index in [0.717, 1.165) is 22.6 Å². The Morgan fingerprint density at radius 3 is 2.23 bits per heavy atom. The topological polar surface area (TPSA) is 52.8 Å². The molecule has 0 N–H and O–H groups in total. The highest BCUT2D eigenvalue weighted by Crippen LogP contribution is 2.18. The molecule has 0 saturated heterocycles. The Balaban J connectivity index is 1.65. The van der Waals surface area contributed by atoms with Crippen LogP contribution in [0.3, 0.4) is 0 Å². The number of rotatable bonds is 5. The van der Waals surface area contributed by atoms with Crippen LogP contribution in [0.5, 0.6) is 0 Å². The second kappa shape index (κ2) is 6.77. The predicted molar refractivity (Wildman–Crippen MR) is 84.9 cm³/mol. The lowest BCUT2D eigenvalue weighted by Gasteiger charge is -2.07. The normalized spacial score (nSPS) is 10.6. The number of halogens is 2. The molecule has 0 bridgehead atoms. The fourth-order valence-corrected chi connectivity index (χ4v) is 2.19. The van der Waals surface area contributed by atoms with Gasteiger partial charge in [0.2, 0.25) is 5.82 Å². The van der Waals surface area contributed by atoms with Gasteiger partial charge in [-0.25, -0.2) is 0 Å². The Morgan fingerprint density at radius 2 is 1.55 bits per heavy atom. The zero-order valence-electron chi connectivity index (χ0n) is 11.5. The summed E-state index contributed by atoms with van der Waals surface area (Å²) in [5.41, 5.74) is 1.96. The highest BCUT2D eigenvalue weighted by Gasteiger charge is 2.09. The third-order valence-electron chi connectivity index (χ3n) is 3.06. The molecule has 7 heteroatoms. The minimum Gasteiger partial charge on any atom is -0.393 e. The van der Waals surface area contributed by atoms with E-state index in [1.807, 2.05) is 36.4 Å². The van der Waals surface area contributed by atoms with Crippen LogP contribution in [0.2, 0.25) is 10.0 Å². The van der Waals surface area contributed by atoms with Gasteiger partial charge in [0.25, 0.3) is 0 Å². The molecule has 5 nitrogen and oxygen atoms in total. The number of tetrazole rings is 1. The maximum atomic E-state index is 5.88. The molecule has 3 rings (SSSR count). The van der Waals surface area contributed by atoms with Crippen molar-refractivity contribution >= 4 is 23.2 Å². The van der Waals surface area contributed by atoms with Crippen LogP contribution in [-0.4, -0.2) is 27.0 Å². The van der Waals surface area contributed by atoms with E-state index in [-0.39, 0.29) is 0 Å². The number of hydrogen-bond acceptors (Lipinski definition) is 4. The summed E-state index contributed by atoms with van der Waals surface area (Å²) < 4.78 is 0. The van der Waals surface area contributed by atoms with E-state index in [2.05, 4.69) is 15.5 Å². The molecule has 0 fully saturated rings. The van der Waals surface area contributed by atoms with E-state index < -0.39 is 0 Å². The molecule has 0 aliphatic carbocycles. The van der Waals surface area contributed by atoms with Crippen molar-refractivity contribution in [2.24, 2.45) is 0 Å². The summed E-state index contributed by atoms with van der Waals surface area (Å²) in [6.45, 7) is 0.452. The first-order chi connectivity index (χ1) is 10.7. The predicted octanol–water partition coefficient (Wildman–Crippen LogP) is 3.32. The molecule has 0 radical (unpaired) electrons. The lowest BCUT2D eigenvalue weighted by molar-refractivity contribution is 0.0840. The van der Waals surface area contributed by atoms with E-state index >= 15 is 0 Å². The molecule has 0 amide bonds. The smallest absolute Gasteiger partial charge is 0.222 e. The van der Waals surface area contributed by atoms with Gasteiger partial charge < -0.3 is 4.84 Å². The summed E-state index contributed by atoms with van der Waals surface area (Å²) in [5, 5.41) is 12.8. The SMILES string of the molecule is Clc1ccc(CCOn2nnnc2-c2ccc(Cl)cc2)cc1. The molecular weight excluding hydrogens is 323 g/mol. The first-order valence-electron chi connectivity index (χ1n) is 6.64. The second-order valence-corrected chi connectivity index (χ2v) is 5.46. The second-order valence-electron chi connectivity index (χ2n) is 4.59. The van der Waals surface area contributed by atoms with Gasteiger partial charge in [-0.3, -0.25) is 0 Å². The number of hydrogen-bond donors (Lipinski definition) is 0. The Labute approximate surface area is 137 Å². The molecular formula is C15H12Cl2N4O. The third-order valence-corrected chi connectivity index (χ3v) is 3.57. The largest absolute Gasteiger partial charge is 0.393 e. The monoisotopic (exact) mass is 334 g/mol. The summed E-state index contributed by atoms with van der Waals surface area (Å²) in [6.07, 6.45) is 0.733. The molecule has 0 spiro atoms. The molecule has 0 unspecified atom stereocenters. The quantitative estimate of drug-likeness (QED) is 0.718. The minimum atomic E-state index is 0.452. The van der Waals surface area contributed by atoms with Crippen LogP contribution >= 0.6 is 23.2 Å². The molecule has 0 saturated carbocycles. The average Bonchev–Trinajstić information content (AvgIpc) is 2.98. The Morgan fingerprint density at radius 1 is 0.909 bits per heavy atom. The van der Waals surface area contributed by atoms with Crippen molar-refractivity contribution < 1.29 is 4.84 Å². The van der Waals surface area contributed by atoms with Gasteiger partial charge in [0, 0.05) is 22.0 Å². The van der Waals surface area contributed by atoms with Crippen LogP contribution < -0.4 is 4.84 Å². The van der Waals surface area contributed by atoms with Gasteiger partial charge in [-0.15, -0.1) is 5.10 Å². The zero-order valence-corrected chi connectivity index (χ0v) is 13.0. The molecule has 22 heavy (non-hydrogen) atoms. The van der Waals surface area contributed by atoms with Gasteiger partial charge in [0.1, 0.15) is 6.61 Å². The summed E-state index contributed by atoms with van der Waals surface area (Å²) in [6, 6.07) is 14.9. The van der Waals surface area contributed by atoms with Crippen molar-refractivity contribution in [3.63, 3.8) is 0 Å². The first-order valence-corrected chi connectivity index (χ1v) is 7.40. The molecule has 2 aromatic carbocycles. The number of benzene rings is 2. The van der Waals surface area contributed by atoms with Crippen LogP contribution in [0.15, 0.2) is 48.5 Å². The summed E-state index contributed by atoms with van der Waals surface area (Å²) in [4.78, 5) is 6.93. The maximum absolute atomic E-state index is 5.88. The lowest BCUT2D eigenvalue weighted by atomic mass is 10.2. The molecule has 0 atom stereocenters. The molecule has 0 aliphatic heterocycles. The summed E-state index contributed by atoms with van der Waals surface area (Å²) >= 11 is 11.7. The van der Waals surface area contributed by atoms with Crippen molar-refractivity contribution in [2.75, 3.05) is 6.61 Å². The van der Waals surface area contributed by atoms with E-state index in [1.165, 1.54) is 4.85 Å². The maximum Gasteiger partial charge on any atom is 0.222 e. The summed E-state index contributed by atoms with van der Waals surface area (Å²) in [5.74, 6) is 0.535. The minimum absolute atomic E-state index is 0.452. The molecule has 1 heterocycles. The standard InChI is InChI=1S/C15H12Cl2N4O/c16-13-5-1-11(2-6-13)9-10-22-21-15(18-19-20-21)12-3-7-14(17)8-4-12/h1-8H,9-10H2. The van der Waals surface area contributed by atoms with E-state index in [1.54, 1.807) is 12.1 Å². The Kier molecular flexibility index (Phi) is 4.56. The van der Waals surface area contributed by atoms with Crippen molar-refractivity contribution in [1.29, 1.82) is 0 Å². The van der Waals surface area contributed by atoms with Gasteiger partial charge in [-0.05, 0) is 52.4 Å². The zero-order chi connectivity index (χ0) is 15.4. The number of nitrogens with zero attached hydrogens (tertiary/aromatic N) is 4. The average molecular weight is 335 g/mol. The first kappa shape index (κ1) is 14.8. The van der Waals surface area contributed by atoms with Gasteiger partial charge in [0.05, 0.1) is 0 Å². The van der Waals surface area contributed by atoms with Crippen LogP contribution in [0.1, 0.15) is 5.56 Å². The Bertz CT molecular complexity index is 741. The highest BCUT2D eigenvalue weighted by atomic mass is 35.5. The fourth-order valence-electron chi connectivity index (χ4n) is 1.93. The van der Waals surface area contributed by atoms with Crippen LogP contribution in [-0.2, 0) is 6.42 Å². The van der Waals surface area contributed by atoms with Crippen LogP contribution in [0.4, 0.5) is 0 Å². The number of aromatic nitrogens is 4. The Hall–Kier alpha value is -2.11.